The van der Waals surface area contributed by atoms with E-state index in [1.165, 1.54) is 13.0 Å². The maximum Gasteiger partial charge on any atom is 0.340 e. The Bertz CT molecular complexity index is 664. The van der Waals surface area contributed by atoms with Gasteiger partial charge in [-0.2, -0.15) is 0 Å². The lowest BCUT2D eigenvalue weighted by atomic mass is 10.2. The van der Waals surface area contributed by atoms with E-state index in [2.05, 4.69) is 10.6 Å². The van der Waals surface area contributed by atoms with Gasteiger partial charge in [0.1, 0.15) is 6.04 Å². The van der Waals surface area contributed by atoms with E-state index >= 15 is 0 Å². The van der Waals surface area contributed by atoms with E-state index in [1.807, 2.05) is 0 Å². The summed E-state index contributed by atoms with van der Waals surface area (Å²) in [5.41, 5.74) is -0.559. The minimum atomic E-state index is -0.982. The lowest BCUT2D eigenvalue weighted by molar-refractivity contribution is -0.384. The molecule has 0 fully saturated rings. The van der Waals surface area contributed by atoms with Gasteiger partial charge in [0.25, 0.3) is 11.6 Å². The lowest BCUT2D eigenvalue weighted by Crippen LogP contribution is -2.46. The van der Waals surface area contributed by atoms with Gasteiger partial charge in [-0.05, 0) is 19.9 Å². The summed E-state index contributed by atoms with van der Waals surface area (Å²) in [7, 11) is 0. The quantitative estimate of drug-likeness (QED) is 0.426. The Balaban J connectivity index is 2.63. The van der Waals surface area contributed by atoms with Gasteiger partial charge < -0.3 is 15.4 Å². The van der Waals surface area contributed by atoms with E-state index in [4.69, 9.17) is 16.3 Å². The predicted molar refractivity (Wildman–Crippen MR) is 84.7 cm³/mol. The van der Waals surface area contributed by atoms with E-state index in [0.717, 1.165) is 12.1 Å². The van der Waals surface area contributed by atoms with Gasteiger partial charge in [-0.1, -0.05) is 11.6 Å². The summed E-state index contributed by atoms with van der Waals surface area (Å²) in [6.45, 7) is 2.97. The third kappa shape index (κ3) is 5.51. The molecule has 2 amide bonds. The number of amides is 2. The molecule has 0 unspecified atom stereocenters. The number of hydrogen-bond acceptors (Lipinski definition) is 6. The Morgan fingerprint density at radius 1 is 1.38 bits per heavy atom. The molecule has 1 aromatic carbocycles. The summed E-state index contributed by atoms with van der Waals surface area (Å²) in [5, 5.41) is 15.5. The molecule has 0 heterocycles. The van der Waals surface area contributed by atoms with Crippen LogP contribution in [0.4, 0.5) is 5.69 Å². The molecule has 0 saturated heterocycles. The number of ether oxygens (including phenoxy) is 1. The minimum Gasteiger partial charge on any atom is -0.452 e. The molecule has 9 nitrogen and oxygen atoms in total. The second-order valence-electron chi connectivity index (χ2n) is 4.68. The van der Waals surface area contributed by atoms with E-state index in [0.29, 0.717) is 6.54 Å². The number of hydrogen-bond donors (Lipinski definition) is 2. The summed E-state index contributed by atoms with van der Waals surface area (Å²) in [6.07, 6.45) is 0. The Labute approximate surface area is 142 Å². The van der Waals surface area contributed by atoms with Gasteiger partial charge in [0.05, 0.1) is 15.5 Å². The number of carbonyl (C=O) groups is 3. The van der Waals surface area contributed by atoms with Crippen LogP contribution in [-0.4, -0.2) is 41.9 Å². The van der Waals surface area contributed by atoms with Gasteiger partial charge in [0.2, 0.25) is 5.91 Å². The van der Waals surface area contributed by atoms with E-state index in [1.54, 1.807) is 6.92 Å². The SMILES string of the molecule is CCNC(=O)[C@@H](C)NC(=O)COC(=O)c1cc([N+](=O)[O-])ccc1Cl. The Hall–Kier alpha value is -2.68. The van der Waals surface area contributed by atoms with Crippen molar-refractivity contribution in [1.29, 1.82) is 0 Å². The predicted octanol–water partition coefficient (Wildman–Crippen LogP) is 1.05. The number of esters is 1. The fraction of sp³-hybridized carbons (Fsp3) is 0.357. The number of halogens is 1. The fourth-order valence-electron chi connectivity index (χ4n) is 1.67. The van der Waals surface area contributed by atoms with Gasteiger partial charge in [0.15, 0.2) is 6.61 Å². The smallest absolute Gasteiger partial charge is 0.340 e. The van der Waals surface area contributed by atoms with Gasteiger partial charge in [-0.15, -0.1) is 0 Å². The van der Waals surface area contributed by atoms with Crippen molar-refractivity contribution in [3.63, 3.8) is 0 Å². The molecule has 0 radical (unpaired) electrons. The zero-order valence-electron chi connectivity index (χ0n) is 13.0. The molecule has 0 aliphatic rings. The third-order valence-corrected chi connectivity index (χ3v) is 3.17. The molecule has 0 saturated carbocycles. The number of rotatable bonds is 7. The van der Waals surface area contributed by atoms with Crippen molar-refractivity contribution in [2.24, 2.45) is 0 Å². The summed E-state index contributed by atoms with van der Waals surface area (Å²) >= 11 is 5.79. The molecule has 0 bridgehead atoms. The lowest BCUT2D eigenvalue weighted by Gasteiger charge is -2.13. The van der Waals surface area contributed by atoms with Crippen LogP contribution in [0.15, 0.2) is 18.2 Å². The minimum absolute atomic E-state index is 0.0401. The van der Waals surface area contributed by atoms with E-state index in [-0.39, 0.29) is 22.2 Å². The van der Waals surface area contributed by atoms with Crippen molar-refractivity contribution in [1.82, 2.24) is 10.6 Å². The monoisotopic (exact) mass is 357 g/mol. The topological polar surface area (TPSA) is 128 Å². The van der Waals surface area contributed by atoms with Crippen molar-refractivity contribution in [2.45, 2.75) is 19.9 Å². The maximum absolute atomic E-state index is 11.9. The first-order valence-electron chi connectivity index (χ1n) is 6.94. The maximum atomic E-state index is 11.9. The number of likely N-dealkylation sites (N-methyl/N-ethyl adjacent to an activating group) is 1. The Morgan fingerprint density at radius 2 is 2.04 bits per heavy atom. The molecule has 10 heteroatoms. The van der Waals surface area contributed by atoms with Crippen LogP contribution >= 0.6 is 11.6 Å². The summed E-state index contributed by atoms with van der Waals surface area (Å²) in [6, 6.07) is 2.49. The molecule has 1 aromatic rings. The highest BCUT2D eigenvalue weighted by molar-refractivity contribution is 6.33. The number of nitrogens with one attached hydrogen (secondary N) is 2. The van der Waals surface area contributed by atoms with Crippen LogP contribution in [0.2, 0.25) is 5.02 Å². The molecule has 130 valence electrons. The van der Waals surface area contributed by atoms with Crippen LogP contribution < -0.4 is 10.6 Å². The first-order valence-corrected chi connectivity index (χ1v) is 7.32. The fourth-order valence-corrected chi connectivity index (χ4v) is 1.86. The zero-order valence-corrected chi connectivity index (χ0v) is 13.8. The zero-order chi connectivity index (χ0) is 18.3. The summed E-state index contributed by atoms with van der Waals surface area (Å²) in [4.78, 5) is 45.0. The van der Waals surface area contributed by atoms with Crippen LogP contribution in [0.3, 0.4) is 0 Å². The highest BCUT2D eigenvalue weighted by Crippen LogP contribution is 2.22. The van der Waals surface area contributed by atoms with Crippen molar-refractivity contribution in [3.05, 3.63) is 38.9 Å². The standard InChI is InChI=1S/C14H16ClN3O6/c1-3-16-13(20)8(2)17-12(19)7-24-14(21)10-6-9(18(22)23)4-5-11(10)15/h4-6,8H,3,7H2,1-2H3,(H,16,20)(H,17,19)/t8-/m1/s1. The summed E-state index contributed by atoms with van der Waals surface area (Å²) in [5.74, 6) is -2.05. The molecule has 1 rings (SSSR count). The molecule has 24 heavy (non-hydrogen) atoms. The Kier molecular flexibility index (Phi) is 7.12. The number of carbonyl (C=O) groups excluding carboxylic acids is 3. The van der Waals surface area contributed by atoms with E-state index < -0.39 is 29.4 Å². The Morgan fingerprint density at radius 3 is 2.62 bits per heavy atom. The van der Waals surface area contributed by atoms with Gasteiger partial charge in [0, 0.05) is 18.7 Å². The van der Waals surface area contributed by atoms with Crippen LogP contribution in [-0.2, 0) is 14.3 Å². The van der Waals surface area contributed by atoms with Crippen LogP contribution in [0.1, 0.15) is 24.2 Å². The molecular weight excluding hydrogens is 342 g/mol. The average molecular weight is 358 g/mol. The molecular formula is C14H16ClN3O6. The van der Waals surface area contributed by atoms with Gasteiger partial charge >= 0.3 is 5.97 Å². The van der Waals surface area contributed by atoms with Crippen molar-refractivity contribution in [2.75, 3.05) is 13.2 Å². The number of nitrogens with zero attached hydrogens (tertiary/aromatic N) is 1. The number of non-ortho nitro benzene ring substituents is 1. The third-order valence-electron chi connectivity index (χ3n) is 2.84. The number of benzene rings is 1. The van der Waals surface area contributed by atoms with Crippen molar-refractivity contribution in [3.8, 4) is 0 Å². The molecule has 0 aliphatic carbocycles. The second-order valence-corrected chi connectivity index (χ2v) is 5.09. The van der Waals surface area contributed by atoms with Gasteiger partial charge in [-0.25, -0.2) is 4.79 Å². The second kappa shape index (κ2) is 8.82. The molecule has 0 spiro atoms. The average Bonchev–Trinajstić information content (AvgIpc) is 2.52. The molecule has 2 N–H and O–H groups in total. The number of nitro benzene ring substituents is 1. The van der Waals surface area contributed by atoms with Crippen LogP contribution in [0.25, 0.3) is 0 Å². The first kappa shape index (κ1) is 19.4. The van der Waals surface area contributed by atoms with Crippen molar-refractivity contribution >= 4 is 35.1 Å². The van der Waals surface area contributed by atoms with Crippen LogP contribution in [0, 0.1) is 10.1 Å². The van der Waals surface area contributed by atoms with Gasteiger partial charge in [-0.3, -0.25) is 19.7 Å². The highest BCUT2D eigenvalue weighted by Gasteiger charge is 2.19. The molecule has 1 atom stereocenters. The van der Waals surface area contributed by atoms with E-state index in [9.17, 15) is 24.5 Å². The largest absolute Gasteiger partial charge is 0.452 e. The normalized spacial score (nSPS) is 11.3. The molecule has 0 aliphatic heterocycles. The molecule has 0 aromatic heterocycles. The highest BCUT2D eigenvalue weighted by atomic mass is 35.5. The van der Waals surface area contributed by atoms with Crippen LogP contribution in [0.5, 0.6) is 0 Å². The first-order chi connectivity index (χ1) is 11.3. The van der Waals surface area contributed by atoms with Crippen molar-refractivity contribution < 1.29 is 24.0 Å². The summed E-state index contributed by atoms with van der Waals surface area (Å²) < 4.78 is 4.76. The number of nitro groups is 1.